The molecule has 0 N–H and O–H groups in total. The summed E-state index contributed by atoms with van der Waals surface area (Å²) in [6, 6.07) is 0. The molecule has 42 valence electrons. The monoisotopic (exact) mass is 123 g/mol. The molecule has 0 saturated carbocycles. The SMILES string of the molecule is C=NOS(C)(=O)=O. The van der Waals surface area contributed by atoms with Crippen LogP contribution in [-0.2, 0) is 14.4 Å². The van der Waals surface area contributed by atoms with Crippen LogP contribution in [0.3, 0.4) is 0 Å². The van der Waals surface area contributed by atoms with E-state index in [2.05, 4.69) is 16.2 Å². The molecule has 0 aliphatic heterocycles. The Balaban J connectivity index is 3.84. The fourth-order valence-corrected chi connectivity index (χ4v) is 0.287. The van der Waals surface area contributed by atoms with Gasteiger partial charge in [-0.25, -0.2) is 0 Å². The van der Waals surface area contributed by atoms with Gasteiger partial charge in [0.05, 0.1) is 6.26 Å². The van der Waals surface area contributed by atoms with Gasteiger partial charge in [0.2, 0.25) is 0 Å². The van der Waals surface area contributed by atoms with E-state index in [1.54, 1.807) is 0 Å². The van der Waals surface area contributed by atoms with Crippen molar-refractivity contribution >= 4 is 16.8 Å². The highest BCUT2D eigenvalue weighted by molar-refractivity contribution is 7.85. The summed E-state index contributed by atoms with van der Waals surface area (Å²) in [5, 5.41) is 2.67. The Morgan fingerprint density at radius 1 is 1.71 bits per heavy atom. The van der Waals surface area contributed by atoms with Crippen molar-refractivity contribution in [1.82, 2.24) is 0 Å². The summed E-state index contributed by atoms with van der Waals surface area (Å²) >= 11 is 0. The van der Waals surface area contributed by atoms with Crippen LogP contribution in [0.5, 0.6) is 0 Å². The van der Waals surface area contributed by atoms with E-state index < -0.39 is 10.1 Å². The van der Waals surface area contributed by atoms with E-state index in [0.717, 1.165) is 6.26 Å². The predicted molar refractivity (Wildman–Crippen MR) is 25.5 cm³/mol. The summed E-state index contributed by atoms with van der Waals surface area (Å²) in [6.45, 7) is 2.79. The van der Waals surface area contributed by atoms with E-state index in [1.807, 2.05) is 0 Å². The first-order chi connectivity index (χ1) is 3.06. The molecule has 0 spiro atoms. The van der Waals surface area contributed by atoms with E-state index in [0.29, 0.717) is 0 Å². The number of hydrogen-bond donors (Lipinski definition) is 0. The molecule has 0 aromatic heterocycles. The number of oxime groups is 1. The van der Waals surface area contributed by atoms with E-state index in [9.17, 15) is 8.42 Å². The van der Waals surface area contributed by atoms with Gasteiger partial charge in [-0.3, -0.25) is 4.28 Å². The van der Waals surface area contributed by atoms with Crippen molar-refractivity contribution in [1.29, 1.82) is 0 Å². The first kappa shape index (κ1) is 6.42. The van der Waals surface area contributed by atoms with Gasteiger partial charge in [0, 0.05) is 6.72 Å². The molecule has 0 aliphatic carbocycles. The van der Waals surface area contributed by atoms with Crippen LogP contribution in [0, 0.1) is 0 Å². The molecule has 5 heteroatoms. The summed E-state index contributed by atoms with van der Waals surface area (Å²) < 4.78 is 23.5. The molecule has 0 aromatic carbocycles. The molecule has 0 saturated heterocycles. The second kappa shape index (κ2) is 1.92. The average molecular weight is 123 g/mol. The lowest BCUT2D eigenvalue weighted by molar-refractivity contribution is 0.347. The van der Waals surface area contributed by atoms with Crippen molar-refractivity contribution in [3.8, 4) is 0 Å². The van der Waals surface area contributed by atoms with E-state index in [-0.39, 0.29) is 0 Å². The van der Waals surface area contributed by atoms with Gasteiger partial charge in [-0.15, -0.1) is 0 Å². The van der Waals surface area contributed by atoms with Crippen LogP contribution in [0.4, 0.5) is 0 Å². The highest BCUT2D eigenvalue weighted by Crippen LogP contribution is 1.82. The lowest BCUT2D eigenvalue weighted by Gasteiger charge is -1.86. The number of nitrogens with zero attached hydrogens (tertiary/aromatic N) is 1. The van der Waals surface area contributed by atoms with Gasteiger partial charge in [0.1, 0.15) is 0 Å². The highest BCUT2D eigenvalue weighted by atomic mass is 32.2. The summed E-state index contributed by atoms with van der Waals surface area (Å²) in [7, 11) is -3.40. The maximum absolute atomic E-state index is 9.88. The second-order valence-corrected chi connectivity index (χ2v) is 2.47. The molecule has 0 aliphatic rings. The van der Waals surface area contributed by atoms with E-state index in [1.165, 1.54) is 0 Å². The Labute approximate surface area is 41.9 Å². The third kappa shape index (κ3) is 5.42. The van der Waals surface area contributed by atoms with Crippen molar-refractivity contribution in [2.24, 2.45) is 5.16 Å². The first-order valence-electron chi connectivity index (χ1n) is 1.41. The van der Waals surface area contributed by atoms with Crippen LogP contribution in [0.25, 0.3) is 0 Å². The van der Waals surface area contributed by atoms with E-state index >= 15 is 0 Å². The van der Waals surface area contributed by atoms with Crippen molar-refractivity contribution < 1.29 is 12.7 Å². The largest absolute Gasteiger partial charge is 0.325 e. The molecular formula is C2H5NO3S. The summed E-state index contributed by atoms with van der Waals surface area (Å²) in [5.74, 6) is 0. The third-order valence-electron chi connectivity index (χ3n) is 0.188. The van der Waals surface area contributed by atoms with Crippen LogP contribution in [0.2, 0.25) is 0 Å². The van der Waals surface area contributed by atoms with Crippen molar-refractivity contribution in [2.75, 3.05) is 6.26 Å². The minimum absolute atomic E-state index is 0.891. The highest BCUT2D eigenvalue weighted by Gasteiger charge is 1.94. The zero-order valence-electron chi connectivity index (χ0n) is 3.79. The number of rotatable bonds is 2. The maximum atomic E-state index is 9.88. The molecule has 0 heterocycles. The predicted octanol–water partition coefficient (Wildman–Crippen LogP) is -0.422. The Hall–Kier alpha value is -0.580. The Kier molecular flexibility index (Phi) is 1.76. The molecule has 0 radical (unpaired) electrons. The Morgan fingerprint density at radius 2 is 2.14 bits per heavy atom. The Bertz CT molecular complexity index is 146. The van der Waals surface area contributed by atoms with Crippen molar-refractivity contribution in [2.45, 2.75) is 0 Å². The molecule has 0 aromatic rings. The molecule has 0 amide bonds. The molecule has 0 fully saturated rings. The maximum Gasteiger partial charge on any atom is 0.325 e. The van der Waals surface area contributed by atoms with Crippen LogP contribution in [0.15, 0.2) is 5.16 Å². The van der Waals surface area contributed by atoms with Gasteiger partial charge < -0.3 is 0 Å². The molecule has 0 atom stereocenters. The molecule has 4 nitrogen and oxygen atoms in total. The lowest BCUT2D eigenvalue weighted by Crippen LogP contribution is -1.95. The second-order valence-electron chi connectivity index (χ2n) is 0.908. The van der Waals surface area contributed by atoms with Crippen LogP contribution in [0.1, 0.15) is 0 Å². The van der Waals surface area contributed by atoms with Crippen LogP contribution < -0.4 is 0 Å². The van der Waals surface area contributed by atoms with Gasteiger partial charge in [-0.2, -0.15) is 8.42 Å². The minimum Gasteiger partial charge on any atom is -0.269 e. The number of hydrogen-bond acceptors (Lipinski definition) is 4. The zero-order valence-corrected chi connectivity index (χ0v) is 4.60. The van der Waals surface area contributed by atoms with Gasteiger partial charge >= 0.3 is 10.1 Å². The quantitative estimate of drug-likeness (QED) is 0.370. The molecule has 7 heavy (non-hydrogen) atoms. The fourth-order valence-electron chi connectivity index (χ4n) is 0.0957. The molecule has 0 rings (SSSR count). The normalized spacial score (nSPS) is 10.4. The lowest BCUT2D eigenvalue weighted by atomic mass is 11.8. The molecular weight excluding hydrogens is 118 g/mol. The molecule has 0 unspecified atom stereocenters. The minimum atomic E-state index is -3.40. The average Bonchev–Trinajstić information content (AvgIpc) is 1.30. The van der Waals surface area contributed by atoms with Gasteiger partial charge in [-0.1, -0.05) is 5.16 Å². The standard InChI is InChI=1S/C2H5NO3S/c1-3-6-7(2,4)5/h1H2,2H3. The zero-order chi connectivity index (χ0) is 5.91. The topological polar surface area (TPSA) is 55.7 Å². The summed E-state index contributed by atoms with van der Waals surface area (Å²) in [6.07, 6.45) is 0.891. The van der Waals surface area contributed by atoms with Crippen LogP contribution in [-0.4, -0.2) is 21.4 Å². The molecule has 0 bridgehead atoms. The summed E-state index contributed by atoms with van der Waals surface area (Å²) in [4.78, 5) is 0. The Morgan fingerprint density at radius 3 is 2.14 bits per heavy atom. The van der Waals surface area contributed by atoms with E-state index in [4.69, 9.17) is 0 Å². The van der Waals surface area contributed by atoms with Gasteiger partial charge in [-0.05, 0) is 0 Å². The first-order valence-corrected chi connectivity index (χ1v) is 3.22. The fraction of sp³-hybridized carbons (Fsp3) is 0.500. The van der Waals surface area contributed by atoms with Gasteiger partial charge in [0.15, 0.2) is 0 Å². The van der Waals surface area contributed by atoms with Crippen molar-refractivity contribution in [3.05, 3.63) is 0 Å². The van der Waals surface area contributed by atoms with Crippen molar-refractivity contribution in [3.63, 3.8) is 0 Å². The van der Waals surface area contributed by atoms with Crippen LogP contribution >= 0.6 is 0 Å². The third-order valence-corrected chi connectivity index (χ3v) is 0.564. The smallest absolute Gasteiger partial charge is 0.269 e. The summed E-state index contributed by atoms with van der Waals surface area (Å²) in [5.41, 5.74) is 0. The van der Waals surface area contributed by atoms with Gasteiger partial charge in [0.25, 0.3) is 0 Å².